The van der Waals surface area contributed by atoms with Crippen LogP contribution in [0.15, 0.2) is 24.3 Å². The molecule has 1 atom stereocenters. The lowest BCUT2D eigenvalue weighted by atomic mass is 10.2. The Hall–Kier alpha value is -1.99. The molecule has 0 bridgehead atoms. The first-order valence-corrected chi connectivity index (χ1v) is 9.20. The number of nitrogens with one attached hydrogen (secondary N) is 2. The van der Waals surface area contributed by atoms with Crippen molar-refractivity contribution in [1.29, 1.82) is 0 Å². The third-order valence-corrected chi connectivity index (χ3v) is 4.81. The van der Waals surface area contributed by atoms with E-state index in [-0.39, 0.29) is 12.0 Å². The molecule has 2 aromatic rings. The second-order valence-corrected chi connectivity index (χ2v) is 6.78. The number of hydrogen-bond acceptors (Lipinski definition) is 4. The molecule has 6 nitrogen and oxygen atoms in total. The zero-order valence-corrected chi connectivity index (χ0v) is 15.4. The van der Waals surface area contributed by atoms with E-state index in [1.165, 1.54) is 12.8 Å². The minimum atomic E-state index is -0.412. The molecule has 1 aromatic heterocycles. The van der Waals surface area contributed by atoms with E-state index in [1.54, 1.807) is 0 Å². The van der Waals surface area contributed by atoms with Gasteiger partial charge in [0.1, 0.15) is 11.9 Å². The Labute approximate surface area is 152 Å². The molecule has 0 unspecified atom stereocenters. The van der Waals surface area contributed by atoms with Gasteiger partial charge >= 0.3 is 0 Å². The fraction of sp³-hybridized carbons (Fsp3) is 0.500. The number of aromatic amines is 1. The number of benzene rings is 1. The van der Waals surface area contributed by atoms with Crippen LogP contribution in [-0.2, 0) is 9.53 Å². The van der Waals surface area contributed by atoms with Crippen LogP contribution < -0.4 is 5.32 Å². The molecule has 2 N–H and O–H groups in total. The minimum absolute atomic E-state index is 0.0981. The van der Waals surface area contributed by atoms with E-state index in [1.807, 2.05) is 42.7 Å². The number of rotatable bonds is 6. The fourth-order valence-corrected chi connectivity index (χ4v) is 3.51. The van der Waals surface area contributed by atoms with Crippen molar-refractivity contribution in [3.05, 3.63) is 34.9 Å². The van der Waals surface area contributed by atoms with Gasteiger partial charge in [0.05, 0.1) is 11.8 Å². The van der Waals surface area contributed by atoms with Crippen LogP contribution in [0.25, 0.3) is 5.69 Å². The van der Waals surface area contributed by atoms with Crippen LogP contribution in [0, 0.1) is 11.7 Å². The quantitative estimate of drug-likeness (QED) is 0.766. The van der Waals surface area contributed by atoms with E-state index in [0.717, 1.165) is 30.0 Å². The predicted molar refractivity (Wildman–Crippen MR) is 99.5 cm³/mol. The summed E-state index contributed by atoms with van der Waals surface area (Å²) in [6.45, 7) is 3.85. The van der Waals surface area contributed by atoms with Crippen molar-refractivity contribution in [3.63, 3.8) is 0 Å². The first kappa shape index (κ1) is 17.8. The van der Waals surface area contributed by atoms with E-state index >= 15 is 0 Å². The Balaban J connectivity index is 1.72. The summed E-state index contributed by atoms with van der Waals surface area (Å²) in [5.74, 6) is 0.670. The van der Waals surface area contributed by atoms with Gasteiger partial charge in [0.25, 0.3) is 5.91 Å². The summed E-state index contributed by atoms with van der Waals surface area (Å²) in [6, 6.07) is 7.57. The molecule has 0 radical (unpaired) electrons. The number of ether oxygens (including phenoxy) is 1. The highest BCUT2D eigenvalue weighted by Crippen LogP contribution is 2.24. The fourth-order valence-electron chi connectivity index (χ4n) is 3.23. The molecular formula is C18H24N4O2S. The standard InChI is InChI=1S/C18H24N4O2S/c1-3-16(24-15-9-4-5-10-15)17(23)19-13-7-6-8-14(11-13)22-12(2)20-21-18(22)25/h6-8,11,15-16H,3-5,9-10H2,1-2H3,(H,19,23)(H,21,25)/t16-/m1/s1. The largest absolute Gasteiger partial charge is 0.365 e. The van der Waals surface area contributed by atoms with E-state index in [4.69, 9.17) is 17.0 Å². The molecule has 0 spiro atoms. The Kier molecular flexibility index (Phi) is 5.65. The first-order chi connectivity index (χ1) is 12.1. The number of aromatic nitrogens is 3. The van der Waals surface area contributed by atoms with Crippen LogP contribution in [0.2, 0.25) is 0 Å². The Morgan fingerprint density at radius 2 is 2.24 bits per heavy atom. The van der Waals surface area contributed by atoms with Gasteiger partial charge in [-0.3, -0.25) is 14.5 Å². The first-order valence-electron chi connectivity index (χ1n) is 8.79. The van der Waals surface area contributed by atoms with Gasteiger partial charge in [-0.15, -0.1) is 0 Å². The molecule has 1 aliphatic rings. The zero-order chi connectivity index (χ0) is 17.8. The third kappa shape index (κ3) is 4.16. The van der Waals surface area contributed by atoms with E-state index < -0.39 is 6.10 Å². The average Bonchev–Trinajstić information content (AvgIpc) is 3.22. The summed E-state index contributed by atoms with van der Waals surface area (Å²) in [7, 11) is 0. The summed E-state index contributed by atoms with van der Waals surface area (Å²) >= 11 is 5.26. The maximum Gasteiger partial charge on any atom is 0.253 e. The highest BCUT2D eigenvalue weighted by atomic mass is 32.1. The SMILES string of the molecule is CC[C@@H](OC1CCCC1)C(=O)Nc1cccc(-n2c(C)n[nH]c2=S)c1. The van der Waals surface area contributed by atoms with Crippen LogP contribution >= 0.6 is 12.2 Å². The van der Waals surface area contributed by atoms with E-state index in [2.05, 4.69) is 15.5 Å². The lowest BCUT2D eigenvalue weighted by Gasteiger charge is -2.20. The van der Waals surface area contributed by atoms with Gasteiger partial charge in [-0.1, -0.05) is 25.8 Å². The second kappa shape index (κ2) is 7.93. The number of amides is 1. The highest BCUT2D eigenvalue weighted by molar-refractivity contribution is 7.71. The van der Waals surface area contributed by atoms with Crippen molar-refractivity contribution in [1.82, 2.24) is 14.8 Å². The highest BCUT2D eigenvalue weighted by Gasteiger charge is 2.24. The topological polar surface area (TPSA) is 71.9 Å². The van der Waals surface area contributed by atoms with Gasteiger partial charge in [-0.25, -0.2) is 0 Å². The molecule has 7 heteroatoms. The Morgan fingerprint density at radius 1 is 1.48 bits per heavy atom. The van der Waals surface area contributed by atoms with Crippen LogP contribution in [0.4, 0.5) is 5.69 Å². The molecule has 0 saturated heterocycles. The van der Waals surface area contributed by atoms with Crippen molar-refractivity contribution in [2.75, 3.05) is 5.32 Å². The van der Waals surface area contributed by atoms with Gasteiger partial charge in [0.15, 0.2) is 4.77 Å². The average molecular weight is 360 g/mol. The van der Waals surface area contributed by atoms with Crippen LogP contribution in [0.5, 0.6) is 0 Å². The Bertz CT molecular complexity index is 792. The number of H-pyrrole nitrogens is 1. The third-order valence-electron chi connectivity index (χ3n) is 4.53. The van der Waals surface area contributed by atoms with E-state index in [9.17, 15) is 4.79 Å². The Morgan fingerprint density at radius 3 is 2.88 bits per heavy atom. The van der Waals surface area contributed by atoms with Gasteiger partial charge in [0.2, 0.25) is 0 Å². The molecule has 1 saturated carbocycles. The summed E-state index contributed by atoms with van der Waals surface area (Å²) in [5.41, 5.74) is 1.58. The molecule has 3 rings (SSSR count). The molecule has 0 aliphatic heterocycles. The molecule has 1 heterocycles. The van der Waals surface area contributed by atoms with Crippen LogP contribution in [0.3, 0.4) is 0 Å². The van der Waals surface area contributed by atoms with Crippen molar-refractivity contribution >= 4 is 23.8 Å². The monoisotopic (exact) mass is 360 g/mol. The maximum atomic E-state index is 12.6. The van der Waals surface area contributed by atoms with Crippen molar-refractivity contribution in [2.45, 2.75) is 58.2 Å². The zero-order valence-electron chi connectivity index (χ0n) is 14.6. The summed E-state index contributed by atoms with van der Waals surface area (Å²) < 4.78 is 8.34. The lowest BCUT2D eigenvalue weighted by molar-refractivity contribution is -0.131. The number of nitrogens with zero attached hydrogens (tertiary/aromatic N) is 2. The normalized spacial score (nSPS) is 16.1. The number of carbonyl (C=O) groups excluding carboxylic acids is 1. The maximum absolute atomic E-state index is 12.6. The smallest absolute Gasteiger partial charge is 0.253 e. The van der Waals surface area contributed by atoms with Crippen LogP contribution in [-0.4, -0.2) is 32.9 Å². The van der Waals surface area contributed by atoms with E-state index in [0.29, 0.717) is 11.2 Å². The predicted octanol–water partition coefficient (Wildman–Crippen LogP) is 3.91. The second-order valence-electron chi connectivity index (χ2n) is 6.39. The van der Waals surface area contributed by atoms with Crippen molar-refractivity contribution < 1.29 is 9.53 Å². The molecule has 25 heavy (non-hydrogen) atoms. The molecule has 1 fully saturated rings. The summed E-state index contributed by atoms with van der Waals surface area (Å²) in [5, 5.41) is 9.86. The minimum Gasteiger partial charge on any atom is -0.365 e. The lowest BCUT2D eigenvalue weighted by Crippen LogP contribution is -2.32. The number of aryl methyl sites for hydroxylation is 1. The van der Waals surface area contributed by atoms with Gasteiger partial charge in [-0.05, 0) is 56.6 Å². The molecule has 1 aliphatic carbocycles. The number of anilines is 1. The molecule has 1 amide bonds. The molecular weight excluding hydrogens is 336 g/mol. The van der Waals surface area contributed by atoms with Crippen LogP contribution in [0.1, 0.15) is 44.9 Å². The van der Waals surface area contributed by atoms with Crippen molar-refractivity contribution in [3.8, 4) is 5.69 Å². The molecule has 1 aromatic carbocycles. The molecule has 134 valence electrons. The van der Waals surface area contributed by atoms with Gasteiger partial charge in [-0.2, -0.15) is 5.10 Å². The van der Waals surface area contributed by atoms with Crippen molar-refractivity contribution in [2.24, 2.45) is 0 Å². The van der Waals surface area contributed by atoms with Gasteiger partial charge < -0.3 is 10.1 Å². The number of carbonyl (C=O) groups is 1. The van der Waals surface area contributed by atoms with Gasteiger partial charge in [0, 0.05) is 5.69 Å². The summed E-state index contributed by atoms with van der Waals surface area (Å²) in [6.07, 6.45) is 4.95. The summed E-state index contributed by atoms with van der Waals surface area (Å²) in [4.78, 5) is 12.6. The number of hydrogen-bond donors (Lipinski definition) is 2.